The molecule has 0 aliphatic carbocycles. The summed E-state index contributed by atoms with van der Waals surface area (Å²) in [5.41, 5.74) is 2.63. The van der Waals surface area contributed by atoms with Crippen molar-refractivity contribution >= 4 is 22.7 Å². The summed E-state index contributed by atoms with van der Waals surface area (Å²) in [6.45, 7) is 0.459. The molecule has 0 bridgehead atoms. The Morgan fingerprint density at radius 1 is 1.00 bits per heavy atom. The minimum Gasteiger partial charge on any atom is -0.449 e. The number of hydrogen-bond acceptors (Lipinski definition) is 5. The maximum atomic E-state index is 13.8. The van der Waals surface area contributed by atoms with Gasteiger partial charge in [-0.1, -0.05) is 18.2 Å². The largest absolute Gasteiger partial charge is 0.449 e. The minimum atomic E-state index is -0.554. The SMILES string of the molecule is O=C(Nc1cccc(Cn2nc(-n3ccc4ccc(F)cc43)ccc2=O)c1)OCCCc1ccccn1. The van der Waals surface area contributed by atoms with Crippen LogP contribution in [0.4, 0.5) is 14.9 Å². The van der Waals surface area contributed by atoms with Gasteiger partial charge in [0.2, 0.25) is 0 Å². The smallest absolute Gasteiger partial charge is 0.411 e. The van der Waals surface area contributed by atoms with Gasteiger partial charge in [0.05, 0.1) is 18.7 Å². The minimum absolute atomic E-state index is 0.189. The monoisotopic (exact) mass is 497 g/mol. The summed E-state index contributed by atoms with van der Waals surface area (Å²) in [7, 11) is 0. The topological polar surface area (TPSA) is 91.0 Å². The molecule has 0 atom stereocenters. The van der Waals surface area contributed by atoms with E-state index in [-0.39, 0.29) is 24.5 Å². The van der Waals surface area contributed by atoms with Gasteiger partial charge in [0, 0.05) is 35.2 Å². The van der Waals surface area contributed by atoms with Gasteiger partial charge in [-0.25, -0.2) is 13.9 Å². The Balaban J connectivity index is 1.23. The highest BCUT2D eigenvalue weighted by atomic mass is 19.1. The summed E-state index contributed by atoms with van der Waals surface area (Å²) < 4.78 is 22.1. The first-order chi connectivity index (χ1) is 18.0. The molecule has 0 fully saturated rings. The van der Waals surface area contributed by atoms with E-state index in [1.807, 2.05) is 30.3 Å². The van der Waals surface area contributed by atoms with Gasteiger partial charge in [0.25, 0.3) is 5.56 Å². The quantitative estimate of drug-likeness (QED) is 0.306. The van der Waals surface area contributed by atoms with Crippen molar-refractivity contribution in [3.63, 3.8) is 0 Å². The summed E-state index contributed by atoms with van der Waals surface area (Å²) in [5.74, 6) is 0.139. The van der Waals surface area contributed by atoms with Gasteiger partial charge in [0.1, 0.15) is 5.82 Å². The Kier molecular flexibility index (Phi) is 7.02. The zero-order chi connectivity index (χ0) is 25.6. The number of nitrogens with zero attached hydrogens (tertiary/aromatic N) is 4. The van der Waals surface area contributed by atoms with Crippen molar-refractivity contribution in [3.8, 4) is 5.82 Å². The molecular weight excluding hydrogens is 473 g/mol. The third-order valence-electron chi connectivity index (χ3n) is 5.80. The average molecular weight is 498 g/mol. The van der Waals surface area contributed by atoms with Crippen molar-refractivity contribution in [2.45, 2.75) is 19.4 Å². The maximum Gasteiger partial charge on any atom is 0.411 e. The number of aromatic nitrogens is 4. The molecule has 8 nitrogen and oxygen atoms in total. The lowest BCUT2D eigenvalue weighted by molar-refractivity contribution is 0.160. The predicted molar refractivity (Wildman–Crippen MR) is 138 cm³/mol. The first-order valence-corrected chi connectivity index (χ1v) is 11.8. The molecule has 9 heteroatoms. The number of rotatable bonds is 8. The fourth-order valence-electron chi connectivity index (χ4n) is 4.02. The second kappa shape index (κ2) is 10.9. The van der Waals surface area contributed by atoms with Crippen LogP contribution in [-0.2, 0) is 17.7 Å². The lowest BCUT2D eigenvalue weighted by atomic mass is 10.2. The second-order valence-corrected chi connectivity index (χ2v) is 8.46. The van der Waals surface area contributed by atoms with Gasteiger partial charge >= 0.3 is 6.09 Å². The highest BCUT2D eigenvalue weighted by Crippen LogP contribution is 2.20. The number of nitrogens with one attached hydrogen (secondary N) is 1. The van der Waals surface area contributed by atoms with E-state index in [9.17, 15) is 14.0 Å². The van der Waals surface area contributed by atoms with E-state index in [4.69, 9.17) is 4.74 Å². The van der Waals surface area contributed by atoms with Crippen LogP contribution >= 0.6 is 0 Å². The Hall–Kier alpha value is -4.79. The van der Waals surface area contributed by atoms with Crippen molar-refractivity contribution in [1.29, 1.82) is 0 Å². The molecule has 0 aliphatic heterocycles. The van der Waals surface area contributed by atoms with Crippen LogP contribution in [0, 0.1) is 5.82 Å². The number of anilines is 1. The van der Waals surface area contributed by atoms with E-state index < -0.39 is 6.09 Å². The zero-order valence-electron chi connectivity index (χ0n) is 19.9. The number of amides is 1. The molecule has 3 aromatic heterocycles. The molecule has 186 valence electrons. The van der Waals surface area contributed by atoms with Crippen LogP contribution in [-0.4, -0.2) is 32.0 Å². The van der Waals surface area contributed by atoms with Gasteiger partial charge in [-0.3, -0.25) is 19.7 Å². The molecule has 1 amide bonds. The van der Waals surface area contributed by atoms with Crippen LogP contribution in [0.3, 0.4) is 0 Å². The summed E-state index contributed by atoms with van der Waals surface area (Å²) in [4.78, 5) is 29.0. The number of hydrogen-bond donors (Lipinski definition) is 1. The molecule has 5 aromatic rings. The van der Waals surface area contributed by atoms with Crippen LogP contribution in [0.1, 0.15) is 17.7 Å². The number of ether oxygens (including phenoxy) is 1. The third-order valence-corrected chi connectivity index (χ3v) is 5.80. The maximum absolute atomic E-state index is 13.8. The standard InChI is InChI=1S/C28H24FN5O3/c29-22-10-9-21-13-15-33(25(21)18-22)26-11-12-27(35)34(32-26)19-20-5-3-7-24(17-20)31-28(36)37-16-4-8-23-6-1-2-14-30-23/h1-3,5-7,9-15,17-18H,4,8,16,19H2,(H,31,36). The number of benzene rings is 2. The fraction of sp³-hybridized carbons (Fsp3) is 0.143. The van der Waals surface area contributed by atoms with Crippen LogP contribution in [0.2, 0.25) is 0 Å². The molecule has 1 N–H and O–H groups in total. The number of pyridine rings is 1. The fourth-order valence-corrected chi connectivity index (χ4v) is 4.02. The van der Waals surface area contributed by atoms with Gasteiger partial charge in [0.15, 0.2) is 5.82 Å². The lowest BCUT2D eigenvalue weighted by Crippen LogP contribution is -2.24. The highest BCUT2D eigenvalue weighted by Gasteiger charge is 2.09. The molecule has 5 rings (SSSR count). The molecule has 0 unspecified atom stereocenters. The third kappa shape index (κ3) is 5.90. The van der Waals surface area contributed by atoms with Crippen LogP contribution in [0.25, 0.3) is 16.7 Å². The number of halogens is 1. The van der Waals surface area contributed by atoms with Gasteiger partial charge in [-0.05, 0) is 73.0 Å². The van der Waals surface area contributed by atoms with Crippen molar-refractivity contribution in [2.24, 2.45) is 0 Å². The highest BCUT2D eigenvalue weighted by molar-refractivity contribution is 5.84. The van der Waals surface area contributed by atoms with Crippen molar-refractivity contribution in [2.75, 3.05) is 11.9 Å². The number of carbonyl (C=O) groups excluding carboxylic acids is 1. The molecule has 37 heavy (non-hydrogen) atoms. The Morgan fingerprint density at radius 3 is 2.78 bits per heavy atom. The molecular formula is C28H24FN5O3. The molecule has 3 heterocycles. The van der Waals surface area contributed by atoms with Crippen LogP contribution in [0.15, 0.2) is 96.1 Å². The lowest BCUT2D eigenvalue weighted by Gasteiger charge is -2.11. The molecule has 0 radical (unpaired) electrons. The van der Waals surface area contributed by atoms with Gasteiger partial charge < -0.3 is 4.74 Å². The molecule has 0 saturated heterocycles. The Bertz CT molecular complexity index is 1600. The van der Waals surface area contributed by atoms with E-state index in [1.54, 1.807) is 47.3 Å². The van der Waals surface area contributed by atoms with Gasteiger partial charge in [-0.2, -0.15) is 5.10 Å². The molecule has 2 aromatic carbocycles. The normalized spacial score (nSPS) is 10.9. The summed E-state index contributed by atoms with van der Waals surface area (Å²) in [6, 6.07) is 22.3. The van der Waals surface area contributed by atoms with E-state index in [0.29, 0.717) is 23.4 Å². The predicted octanol–water partition coefficient (Wildman–Crippen LogP) is 4.95. The molecule has 0 aliphatic rings. The van der Waals surface area contributed by atoms with Crippen molar-refractivity contribution < 1.29 is 13.9 Å². The number of aryl methyl sites for hydroxylation is 1. The average Bonchev–Trinajstić information content (AvgIpc) is 3.32. The van der Waals surface area contributed by atoms with E-state index in [1.165, 1.54) is 22.9 Å². The Labute approximate surface area is 212 Å². The van der Waals surface area contributed by atoms with Crippen molar-refractivity contribution in [3.05, 3.63) is 119 Å². The first kappa shape index (κ1) is 23.9. The van der Waals surface area contributed by atoms with Crippen LogP contribution < -0.4 is 10.9 Å². The molecule has 0 spiro atoms. The van der Waals surface area contributed by atoms with Gasteiger partial charge in [-0.15, -0.1) is 0 Å². The van der Waals surface area contributed by atoms with Crippen molar-refractivity contribution in [1.82, 2.24) is 19.3 Å². The summed E-state index contributed by atoms with van der Waals surface area (Å²) in [6.07, 6.45) is 4.35. The zero-order valence-corrected chi connectivity index (χ0v) is 19.9. The van der Waals surface area contributed by atoms with Crippen LogP contribution in [0.5, 0.6) is 0 Å². The van der Waals surface area contributed by atoms with E-state index in [2.05, 4.69) is 15.4 Å². The Morgan fingerprint density at radius 2 is 1.92 bits per heavy atom. The first-order valence-electron chi connectivity index (χ1n) is 11.8. The molecule has 0 saturated carbocycles. The van der Waals surface area contributed by atoms with E-state index >= 15 is 0 Å². The summed E-state index contributed by atoms with van der Waals surface area (Å²) in [5, 5.41) is 8.06. The number of fused-ring (bicyclic) bond motifs is 1. The summed E-state index contributed by atoms with van der Waals surface area (Å²) >= 11 is 0. The van der Waals surface area contributed by atoms with E-state index in [0.717, 1.165) is 23.1 Å². The number of carbonyl (C=O) groups is 1. The second-order valence-electron chi connectivity index (χ2n) is 8.46.